The largest absolute Gasteiger partial charge is 0.362 e. The van der Waals surface area contributed by atoms with Gasteiger partial charge < -0.3 is 4.90 Å². The summed E-state index contributed by atoms with van der Waals surface area (Å²) in [5.74, 6) is 0.508. The molecule has 100 valence electrons. The zero-order valence-corrected chi connectivity index (χ0v) is 12.8. The lowest BCUT2D eigenvalue weighted by Crippen LogP contribution is -2.24. The van der Waals surface area contributed by atoms with E-state index >= 15 is 0 Å². The molecule has 0 radical (unpaired) electrons. The number of rotatable bonds is 5. The van der Waals surface area contributed by atoms with Crippen molar-refractivity contribution in [1.29, 1.82) is 0 Å². The van der Waals surface area contributed by atoms with Crippen LogP contribution in [0.2, 0.25) is 5.02 Å². The molecular weight excluding hydrogens is 297 g/mol. The van der Waals surface area contributed by atoms with Crippen molar-refractivity contribution in [3.8, 4) is 0 Å². The van der Waals surface area contributed by atoms with Gasteiger partial charge in [0.25, 0.3) is 0 Å². The summed E-state index contributed by atoms with van der Waals surface area (Å²) >= 11 is 14.1. The van der Waals surface area contributed by atoms with Crippen LogP contribution in [0.3, 0.4) is 0 Å². The summed E-state index contributed by atoms with van der Waals surface area (Å²) < 4.78 is 0. The van der Waals surface area contributed by atoms with E-state index in [4.69, 9.17) is 23.2 Å². The van der Waals surface area contributed by atoms with Crippen LogP contribution >= 0.6 is 34.5 Å². The van der Waals surface area contributed by atoms with E-state index in [1.165, 1.54) is 17.7 Å². The summed E-state index contributed by atoms with van der Waals surface area (Å²) in [6, 6.07) is 11.1. The van der Waals surface area contributed by atoms with Crippen molar-refractivity contribution in [2.24, 2.45) is 0 Å². The highest BCUT2D eigenvalue weighted by Gasteiger charge is 2.30. The van der Waals surface area contributed by atoms with Gasteiger partial charge in [0.15, 0.2) is 0 Å². The SMILES string of the molecule is ClCc1ccc(N(Cc2cccs2)C2CC2)c(Cl)c1. The minimum Gasteiger partial charge on any atom is -0.362 e. The lowest BCUT2D eigenvalue weighted by Gasteiger charge is -2.25. The molecule has 1 fully saturated rings. The van der Waals surface area contributed by atoms with Crippen LogP contribution in [0.25, 0.3) is 0 Å². The summed E-state index contributed by atoms with van der Waals surface area (Å²) in [5, 5.41) is 2.93. The molecule has 0 saturated heterocycles. The Morgan fingerprint density at radius 3 is 2.68 bits per heavy atom. The summed E-state index contributed by atoms with van der Waals surface area (Å²) in [6.07, 6.45) is 2.53. The maximum Gasteiger partial charge on any atom is 0.0642 e. The molecule has 1 saturated carbocycles. The van der Waals surface area contributed by atoms with Crippen molar-refractivity contribution in [2.75, 3.05) is 4.90 Å². The number of nitrogens with zero attached hydrogens (tertiary/aromatic N) is 1. The predicted molar refractivity (Wildman–Crippen MR) is 84.5 cm³/mol. The van der Waals surface area contributed by atoms with E-state index in [0.29, 0.717) is 11.9 Å². The third-order valence-corrected chi connectivity index (χ3v) is 4.84. The summed E-state index contributed by atoms with van der Waals surface area (Å²) in [5.41, 5.74) is 2.20. The van der Waals surface area contributed by atoms with Gasteiger partial charge in [-0.1, -0.05) is 23.7 Å². The Bertz CT molecular complexity index is 549. The van der Waals surface area contributed by atoms with Crippen molar-refractivity contribution >= 4 is 40.2 Å². The molecule has 19 heavy (non-hydrogen) atoms. The van der Waals surface area contributed by atoms with Crippen molar-refractivity contribution in [2.45, 2.75) is 31.3 Å². The quantitative estimate of drug-likeness (QED) is 0.676. The van der Waals surface area contributed by atoms with Crippen LogP contribution in [-0.2, 0) is 12.4 Å². The Morgan fingerprint density at radius 1 is 1.26 bits per heavy atom. The molecule has 1 aliphatic carbocycles. The van der Waals surface area contributed by atoms with Gasteiger partial charge in [-0.25, -0.2) is 0 Å². The van der Waals surface area contributed by atoms with Crippen LogP contribution < -0.4 is 4.90 Å². The smallest absolute Gasteiger partial charge is 0.0642 e. The number of hydrogen-bond donors (Lipinski definition) is 0. The van der Waals surface area contributed by atoms with E-state index in [0.717, 1.165) is 22.8 Å². The van der Waals surface area contributed by atoms with E-state index in [-0.39, 0.29) is 0 Å². The Hall–Kier alpha value is -0.700. The Kier molecular flexibility index (Phi) is 4.01. The minimum absolute atomic E-state index is 0.508. The van der Waals surface area contributed by atoms with Gasteiger partial charge >= 0.3 is 0 Å². The number of alkyl halides is 1. The van der Waals surface area contributed by atoms with Gasteiger partial charge in [0.2, 0.25) is 0 Å². The second kappa shape index (κ2) is 5.74. The number of thiophene rings is 1. The van der Waals surface area contributed by atoms with Gasteiger partial charge in [0.05, 0.1) is 17.3 Å². The lowest BCUT2D eigenvalue weighted by atomic mass is 10.2. The molecule has 2 aromatic rings. The van der Waals surface area contributed by atoms with Gasteiger partial charge in [0.1, 0.15) is 0 Å². The van der Waals surface area contributed by atoms with E-state index < -0.39 is 0 Å². The maximum atomic E-state index is 6.42. The molecule has 0 amide bonds. The molecular formula is C15H15Cl2NS. The third-order valence-electron chi connectivity index (χ3n) is 3.37. The molecule has 0 atom stereocenters. The molecule has 4 heteroatoms. The number of halogens is 2. The average Bonchev–Trinajstić information content (AvgIpc) is 3.14. The van der Waals surface area contributed by atoms with Crippen molar-refractivity contribution < 1.29 is 0 Å². The highest BCUT2D eigenvalue weighted by Crippen LogP contribution is 2.37. The first-order valence-electron chi connectivity index (χ1n) is 6.41. The van der Waals surface area contributed by atoms with Crippen LogP contribution in [0.4, 0.5) is 5.69 Å². The number of anilines is 1. The van der Waals surface area contributed by atoms with Crippen LogP contribution in [0.15, 0.2) is 35.7 Å². The lowest BCUT2D eigenvalue weighted by molar-refractivity contribution is 0.803. The molecule has 0 N–H and O–H groups in total. The van der Waals surface area contributed by atoms with E-state index in [1.807, 2.05) is 6.07 Å². The minimum atomic E-state index is 0.508. The standard InChI is InChI=1S/C15H15Cl2NS/c16-9-11-3-6-15(14(17)8-11)18(12-4-5-12)10-13-2-1-7-19-13/h1-3,6-8,12H,4-5,9-10H2. The van der Waals surface area contributed by atoms with Gasteiger partial charge in [-0.3, -0.25) is 0 Å². The first-order valence-corrected chi connectivity index (χ1v) is 8.20. The topological polar surface area (TPSA) is 3.24 Å². The molecule has 0 bridgehead atoms. The first kappa shape index (κ1) is 13.3. The predicted octanol–water partition coefficient (Wildman–Crippen LogP) is 5.31. The molecule has 0 aliphatic heterocycles. The van der Waals surface area contributed by atoms with Gasteiger partial charge in [-0.2, -0.15) is 0 Å². The number of hydrogen-bond acceptors (Lipinski definition) is 2. The molecule has 0 spiro atoms. The summed E-state index contributed by atoms with van der Waals surface area (Å²) in [4.78, 5) is 3.80. The molecule has 1 aliphatic rings. The molecule has 3 rings (SSSR count). The molecule has 1 aromatic heterocycles. The van der Waals surface area contributed by atoms with Crippen molar-refractivity contribution in [3.05, 3.63) is 51.2 Å². The van der Waals surface area contributed by atoms with Gasteiger partial charge in [-0.05, 0) is 42.0 Å². The number of benzene rings is 1. The van der Waals surface area contributed by atoms with Crippen LogP contribution in [0.1, 0.15) is 23.3 Å². The van der Waals surface area contributed by atoms with Crippen LogP contribution in [0.5, 0.6) is 0 Å². The second-order valence-electron chi connectivity index (χ2n) is 4.86. The van der Waals surface area contributed by atoms with Gasteiger partial charge in [-0.15, -0.1) is 22.9 Å². The molecule has 1 heterocycles. The van der Waals surface area contributed by atoms with E-state index in [9.17, 15) is 0 Å². The zero-order valence-electron chi connectivity index (χ0n) is 10.5. The van der Waals surface area contributed by atoms with E-state index in [2.05, 4.69) is 34.5 Å². The Balaban J connectivity index is 1.87. The van der Waals surface area contributed by atoms with E-state index in [1.54, 1.807) is 11.3 Å². The highest BCUT2D eigenvalue weighted by molar-refractivity contribution is 7.09. The molecule has 1 nitrogen and oxygen atoms in total. The zero-order chi connectivity index (χ0) is 13.2. The average molecular weight is 312 g/mol. The highest BCUT2D eigenvalue weighted by atomic mass is 35.5. The summed E-state index contributed by atoms with van der Waals surface area (Å²) in [7, 11) is 0. The molecule has 0 unspecified atom stereocenters. The van der Waals surface area contributed by atoms with Gasteiger partial charge in [0, 0.05) is 16.8 Å². The monoisotopic (exact) mass is 311 g/mol. The van der Waals surface area contributed by atoms with Crippen molar-refractivity contribution in [3.63, 3.8) is 0 Å². The van der Waals surface area contributed by atoms with Crippen molar-refractivity contribution in [1.82, 2.24) is 0 Å². The second-order valence-corrected chi connectivity index (χ2v) is 6.56. The Labute approximate surface area is 127 Å². The first-order chi connectivity index (χ1) is 9.28. The molecule has 1 aromatic carbocycles. The maximum absolute atomic E-state index is 6.42. The fraction of sp³-hybridized carbons (Fsp3) is 0.333. The third kappa shape index (κ3) is 3.07. The normalized spacial score (nSPS) is 14.6. The fourth-order valence-corrected chi connectivity index (χ4v) is 3.41. The van der Waals surface area contributed by atoms with Crippen LogP contribution in [-0.4, -0.2) is 6.04 Å². The fourth-order valence-electron chi connectivity index (χ4n) is 2.23. The summed E-state index contributed by atoms with van der Waals surface area (Å²) in [6.45, 7) is 0.947. The Morgan fingerprint density at radius 2 is 2.11 bits per heavy atom. The van der Waals surface area contributed by atoms with Crippen LogP contribution in [0, 0.1) is 0 Å².